The largest absolute Gasteiger partial charge is 0.494 e. The molecule has 1 aromatic heterocycles. The number of hydrogen-bond donors (Lipinski definition) is 0. The third kappa shape index (κ3) is 4.34. The monoisotopic (exact) mass is 427 g/mol. The molecule has 1 unspecified atom stereocenters. The molecule has 1 aliphatic heterocycles. The highest BCUT2D eigenvalue weighted by Gasteiger charge is 2.33. The van der Waals surface area contributed by atoms with Crippen LogP contribution in [0.1, 0.15) is 6.92 Å². The van der Waals surface area contributed by atoms with Gasteiger partial charge in [-0.25, -0.2) is 4.98 Å². The van der Waals surface area contributed by atoms with Gasteiger partial charge in [0, 0.05) is 13.1 Å². The number of ether oxygens (including phenoxy) is 3. The van der Waals surface area contributed by atoms with Gasteiger partial charge in [-0.15, -0.1) is 0 Å². The number of hydrogen-bond acceptors (Lipinski definition) is 7. The van der Waals surface area contributed by atoms with E-state index in [0.717, 1.165) is 16.0 Å². The number of carbonyl (C=O) groups excluding carboxylic acids is 1. The van der Waals surface area contributed by atoms with Crippen LogP contribution in [0.25, 0.3) is 10.2 Å². The number of rotatable bonds is 7. The van der Waals surface area contributed by atoms with Crippen molar-refractivity contribution >= 4 is 32.6 Å². The number of fused-ring (bicyclic) bond motifs is 2. The van der Waals surface area contributed by atoms with Crippen LogP contribution in [0, 0.1) is 0 Å². The number of carbonyl (C=O) groups is 1. The molecule has 0 saturated carbocycles. The lowest BCUT2D eigenvalue weighted by Crippen LogP contribution is -2.48. The van der Waals surface area contributed by atoms with Gasteiger partial charge in [-0.2, -0.15) is 0 Å². The van der Waals surface area contributed by atoms with Crippen molar-refractivity contribution in [2.45, 2.75) is 13.0 Å². The molecule has 1 amide bonds. The third-order valence-electron chi connectivity index (χ3n) is 4.71. The van der Waals surface area contributed by atoms with Gasteiger partial charge in [0.05, 0.1) is 16.8 Å². The molecule has 3 aromatic rings. The first kappa shape index (κ1) is 20.4. The van der Waals surface area contributed by atoms with Crippen LogP contribution in [0.4, 0.5) is 5.13 Å². The minimum absolute atomic E-state index is 0.157. The molecule has 1 aliphatic rings. The highest BCUT2D eigenvalue weighted by Crippen LogP contribution is 2.34. The van der Waals surface area contributed by atoms with E-state index in [1.807, 2.05) is 68.4 Å². The molecule has 0 aliphatic carbocycles. The van der Waals surface area contributed by atoms with Crippen LogP contribution in [0.15, 0.2) is 42.5 Å². The summed E-state index contributed by atoms with van der Waals surface area (Å²) in [4.78, 5) is 21.9. The average Bonchev–Trinajstić information content (AvgIpc) is 3.16. The van der Waals surface area contributed by atoms with Gasteiger partial charge in [-0.05, 0) is 51.4 Å². The lowest BCUT2D eigenvalue weighted by molar-refractivity contribution is -0.127. The lowest BCUT2D eigenvalue weighted by Gasteiger charge is -2.30. The smallest absolute Gasteiger partial charge is 0.273 e. The van der Waals surface area contributed by atoms with E-state index < -0.39 is 6.10 Å². The fraction of sp³-hybridized carbons (Fsp3) is 0.364. The summed E-state index contributed by atoms with van der Waals surface area (Å²) in [5.41, 5.74) is 0.840. The predicted octanol–water partition coefficient (Wildman–Crippen LogP) is 3.43. The van der Waals surface area contributed by atoms with Crippen molar-refractivity contribution in [1.29, 1.82) is 0 Å². The topological polar surface area (TPSA) is 64.1 Å². The molecule has 2 aromatic carbocycles. The number of thiazole rings is 1. The maximum atomic E-state index is 13.4. The highest BCUT2D eigenvalue weighted by atomic mass is 32.1. The Morgan fingerprint density at radius 1 is 1.20 bits per heavy atom. The van der Waals surface area contributed by atoms with Crippen molar-refractivity contribution < 1.29 is 19.0 Å². The Bertz CT molecular complexity index is 1040. The fourth-order valence-electron chi connectivity index (χ4n) is 3.18. The second-order valence-corrected chi connectivity index (χ2v) is 8.23. The van der Waals surface area contributed by atoms with E-state index in [1.54, 1.807) is 4.90 Å². The summed E-state index contributed by atoms with van der Waals surface area (Å²) in [7, 11) is 3.96. The van der Waals surface area contributed by atoms with Gasteiger partial charge in [-0.3, -0.25) is 9.69 Å². The van der Waals surface area contributed by atoms with Crippen molar-refractivity contribution in [2.75, 3.05) is 45.3 Å². The van der Waals surface area contributed by atoms with Gasteiger partial charge < -0.3 is 19.1 Å². The van der Waals surface area contributed by atoms with E-state index in [4.69, 9.17) is 19.2 Å². The zero-order valence-electron chi connectivity index (χ0n) is 17.3. The van der Waals surface area contributed by atoms with Gasteiger partial charge in [0.15, 0.2) is 16.6 Å². The number of amides is 1. The summed E-state index contributed by atoms with van der Waals surface area (Å²) in [6, 6.07) is 13.2. The summed E-state index contributed by atoms with van der Waals surface area (Å²) in [6.07, 6.45) is -0.715. The second kappa shape index (κ2) is 8.89. The first-order valence-electron chi connectivity index (χ1n) is 9.93. The first-order valence-corrected chi connectivity index (χ1v) is 10.7. The molecule has 0 radical (unpaired) electrons. The van der Waals surface area contributed by atoms with E-state index in [0.29, 0.717) is 36.3 Å². The molecule has 0 spiro atoms. The molecule has 0 N–H and O–H groups in total. The molecule has 158 valence electrons. The van der Waals surface area contributed by atoms with Crippen LogP contribution in [0.2, 0.25) is 0 Å². The summed E-state index contributed by atoms with van der Waals surface area (Å²) in [6.45, 7) is 3.94. The number of anilines is 1. The molecule has 2 heterocycles. The van der Waals surface area contributed by atoms with E-state index in [9.17, 15) is 4.79 Å². The molecular formula is C22H25N3O4S. The van der Waals surface area contributed by atoms with Crippen molar-refractivity contribution in [3.63, 3.8) is 0 Å². The zero-order chi connectivity index (χ0) is 21.1. The Hall–Kier alpha value is -2.84. The second-order valence-electron chi connectivity index (χ2n) is 7.22. The maximum Gasteiger partial charge on any atom is 0.273 e. The summed E-state index contributed by atoms with van der Waals surface area (Å²) >= 11 is 1.47. The SMILES string of the molecule is CCOc1ccc2nc(N(CCN(C)C)C(=O)C3COc4ccccc4O3)sc2c1. The Kier molecular flexibility index (Phi) is 6.06. The third-order valence-corrected chi connectivity index (χ3v) is 5.75. The normalized spacial score (nSPS) is 15.4. The van der Waals surface area contributed by atoms with Gasteiger partial charge in [0.2, 0.25) is 6.10 Å². The number of benzene rings is 2. The molecule has 7 nitrogen and oxygen atoms in total. The maximum absolute atomic E-state index is 13.4. The van der Waals surface area contributed by atoms with Gasteiger partial charge in [-0.1, -0.05) is 23.5 Å². The molecule has 8 heteroatoms. The van der Waals surface area contributed by atoms with E-state index in [-0.39, 0.29) is 12.5 Å². The quantitative estimate of drug-likeness (QED) is 0.576. The minimum atomic E-state index is -0.715. The van der Waals surface area contributed by atoms with Crippen molar-refractivity contribution in [3.8, 4) is 17.2 Å². The molecular weight excluding hydrogens is 402 g/mol. The zero-order valence-corrected chi connectivity index (χ0v) is 18.1. The van der Waals surface area contributed by atoms with Crippen LogP contribution < -0.4 is 19.1 Å². The van der Waals surface area contributed by atoms with Crippen LogP contribution in [-0.4, -0.2) is 62.3 Å². The number of aromatic nitrogens is 1. The Labute approximate surface area is 179 Å². The van der Waals surface area contributed by atoms with Crippen molar-refractivity contribution in [2.24, 2.45) is 0 Å². The Balaban J connectivity index is 1.61. The first-order chi connectivity index (χ1) is 14.5. The van der Waals surface area contributed by atoms with E-state index in [1.165, 1.54) is 11.3 Å². The van der Waals surface area contributed by atoms with E-state index >= 15 is 0 Å². The van der Waals surface area contributed by atoms with Crippen LogP contribution >= 0.6 is 11.3 Å². The molecule has 0 fully saturated rings. The van der Waals surface area contributed by atoms with Crippen LogP contribution in [0.3, 0.4) is 0 Å². The predicted molar refractivity (Wildman–Crippen MR) is 118 cm³/mol. The Morgan fingerprint density at radius 3 is 2.77 bits per heavy atom. The van der Waals surface area contributed by atoms with E-state index in [2.05, 4.69) is 0 Å². The fourth-order valence-corrected chi connectivity index (χ4v) is 4.21. The van der Waals surface area contributed by atoms with Gasteiger partial charge in [0.1, 0.15) is 12.4 Å². The average molecular weight is 428 g/mol. The standard InChI is InChI=1S/C22H25N3O4S/c1-4-27-15-9-10-16-20(13-15)30-22(23-16)25(12-11-24(2)3)21(26)19-14-28-17-7-5-6-8-18(17)29-19/h5-10,13,19H,4,11-12,14H2,1-3H3. The van der Waals surface area contributed by atoms with Gasteiger partial charge in [0.25, 0.3) is 5.91 Å². The number of para-hydroxylation sites is 2. The Morgan fingerprint density at radius 2 is 2.00 bits per heavy atom. The number of likely N-dealkylation sites (N-methyl/N-ethyl adjacent to an activating group) is 1. The summed E-state index contributed by atoms with van der Waals surface area (Å²) < 4.78 is 18.3. The molecule has 0 saturated heterocycles. The van der Waals surface area contributed by atoms with Crippen LogP contribution in [0.5, 0.6) is 17.2 Å². The summed E-state index contributed by atoms with van der Waals surface area (Å²) in [5, 5.41) is 0.646. The van der Waals surface area contributed by atoms with Crippen molar-refractivity contribution in [1.82, 2.24) is 9.88 Å². The number of nitrogens with zero attached hydrogens (tertiary/aromatic N) is 3. The molecule has 4 rings (SSSR count). The molecule has 30 heavy (non-hydrogen) atoms. The molecule has 0 bridgehead atoms. The van der Waals surface area contributed by atoms with Crippen molar-refractivity contribution in [3.05, 3.63) is 42.5 Å². The lowest BCUT2D eigenvalue weighted by atomic mass is 10.2. The van der Waals surface area contributed by atoms with Gasteiger partial charge >= 0.3 is 0 Å². The molecule has 1 atom stereocenters. The minimum Gasteiger partial charge on any atom is -0.494 e. The summed E-state index contributed by atoms with van der Waals surface area (Å²) in [5.74, 6) is 1.88. The van der Waals surface area contributed by atoms with Crippen LogP contribution in [-0.2, 0) is 4.79 Å². The highest BCUT2D eigenvalue weighted by molar-refractivity contribution is 7.22.